The number of nitrogens with zero attached hydrogens (tertiary/aromatic N) is 1. The minimum Gasteiger partial charge on any atom is -0.534 e. The highest BCUT2D eigenvalue weighted by Gasteiger charge is 2.38. The number of likely N-dealkylation sites (tertiary alicyclic amines) is 1. The summed E-state index contributed by atoms with van der Waals surface area (Å²) in [4.78, 5) is 25.5. The number of amides is 1. The number of carbonyl (C=O) groups excluding carboxylic acids is 1. The van der Waals surface area contributed by atoms with Crippen molar-refractivity contribution in [3.05, 3.63) is 23.3 Å². The maximum atomic E-state index is 12.2. The van der Waals surface area contributed by atoms with Crippen LogP contribution in [0.5, 0.6) is 11.5 Å². The molecule has 0 radical (unpaired) electrons. The average Bonchev–Trinajstić information content (AvgIpc) is 3.13. The predicted octanol–water partition coefficient (Wildman–Crippen LogP) is 1.07. The van der Waals surface area contributed by atoms with Gasteiger partial charge in [0.05, 0.1) is 18.0 Å². The standard InChI is InChI=1S/C16H20BNO6S/c1-23-11-5-4-10-8-12(17(22)24-15(10)14(11)16(20)21)25-9-13(19)18-6-2-3-7-18/h4-5,12,22H,2-3,6-9H2,1H3,(H,20,21). The van der Waals surface area contributed by atoms with Crippen LogP contribution in [0.3, 0.4) is 0 Å². The number of methoxy groups -OCH3 is 1. The van der Waals surface area contributed by atoms with E-state index >= 15 is 0 Å². The molecule has 2 aliphatic heterocycles. The largest absolute Gasteiger partial charge is 0.536 e. The second-order valence-electron chi connectivity index (χ2n) is 6.09. The minimum atomic E-state index is -1.17. The van der Waals surface area contributed by atoms with Gasteiger partial charge >= 0.3 is 13.1 Å². The first-order chi connectivity index (χ1) is 12.0. The lowest BCUT2D eigenvalue weighted by atomic mass is 9.77. The summed E-state index contributed by atoms with van der Waals surface area (Å²) < 4.78 is 10.6. The van der Waals surface area contributed by atoms with Crippen molar-refractivity contribution >= 4 is 30.8 Å². The van der Waals surface area contributed by atoms with Gasteiger partial charge in [0.2, 0.25) is 5.91 Å². The Morgan fingerprint density at radius 1 is 1.40 bits per heavy atom. The number of thioether (sulfide) groups is 1. The topological polar surface area (TPSA) is 96.3 Å². The fourth-order valence-corrected chi connectivity index (χ4v) is 4.22. The molecule has 0 bridgehead atoms. The zero-order valence-corrected chi connectivity index (χ0v) is 14.8. The minimum absolute atomic E-state index is 0.0708. The van der Waals surface area contributed by atoms with E-state index in [1.165, 1.54) is 18.9 Å². The number of aromatic carboxylic acids is 1. The Kier molecular flexibility index (Phi) is 5.43. The summed E-state index contributed by atoms with van der Waals surface area (Å²) in [6.07, 6.45) is 2.51. The Hall–Kier alpha value is -1.87. The van der Waals surface area contributed by atoms with Crippen molar-refractivity contribution in [2.75, 3.05) is 26.0 Å². The fraction of sp³-hybridized carbons (Fsp3) is 0.500. The number of rotatable bonds is 5. The normalized spacial score (nSPS) is 19.4. The molecule has 2 heterocycles. The van der Waals surface area contributed by atoms with Gasteiger partial charge in [0.15, 0.2) is 0 Å². The van der Waals surface area contributed by atoms with Crippen LogP contribution in [0, 0.1) is 0 Å². The third kappa shape index (κ3) is 3.72. The van der Waals surface area contributed by atoms with Crippen LogP contribution in [-0.4, -0.2) is 65.1 Å². The Morgan fingerprint density at radius 2 is 2.12 bits per heavy atom. The van der Waals surface area contributed by atoms with Crippen molar-refractivity contribution in [3.8, 4) is 11.5 Å². The van der Waals surface area contributed by atoms with Crippen molar-refractivity contribution in [2.24, 2.45) is 0 Å². The molecule has 0 saturated carbocycles. The summed E-state index contributed by atoms with van der Waals surface area (Å²) >= 11 is 1.34. The lowest BCUT2D eigenvalue weighted by molar-refractivity contribution is -0.127. The molecule has 0 aromatic heterocycles. The van der Waals surface area contributed by atoms with Crippen LogP contribution in [0.4, 0.5) is 0 Å². The molecule has 1 aromatic rings. The van der Waals surface area contributed by atoms with Gasteiger partial charge in [-0.1, -0.05) is 6.07 Å². The first-order valence-corrected chi connectivity index (χ1v) is 9.23. The van der Waals surface area contributed by atoms with Gasteiger partial charge in [-0.25, -0.2) is 4.79 Å². The zero-order chi connectivity index (χ0) is 18.0. The van der Waals surface area contributed by atoms with Crippen LogP contribution >= 0.6 is 11.8 Å². The Bertz CT molecular complexity index is 679. The van der Waals surface area contributed by atoms with E-state index in [0.717, 1.165) is 25.9 Å². The summed E-state index contributed by atoms with van der Waals surface area (Å²) in [5, 5.41) is 19.3. The van der Waals surface area contributed by atoms with Crippen LogP contribution in [-0.2, 0) is 11.2 Å². The Labute approximate surface area is 150 Å². The number of carboxylic acids is 1. The lowest BCUT2D eigenvalue weighted by Gasteiger charge is -2.28. The molecular formula is C16H20BNO6S. The summed E-state index contributed by atoms with van der Waals surface area (Å²) in [7, 11) is 0.213. The highest BCUT2D eigenvalue weighted by atomic mass is 32.2. The maximum Gasteiger partial charge on any atom is 0.536 e. The number of ether oxygens (including phenoxy) is 1. The number of carboxylic acid groups (broad SMARTS) is 1. The molecule has 1 aromatic carbocycles. The maximum absolute atomic E-state index is 12.2. The fourth-order valence-electron chi connectivity index (χ4n) is 3.17. The molecule has 2 aliphatic rings. The van der Waals surface area contributed by atoms with Crippen LogP contribution < -0.4 is 9.39 Å². The van der Waals surface area contributed by atoms with E-state index in [1.54, 1.807) is 12.1 Å². The molecule has 3 rings (SSSR count). The summed E-state index contributed by atoms with van der Waals surface area (Å²) in [5.74, 6) is -0.490. The number of fused-ring (bicyclic) bond motifs is 1. The lowest BCUT2D eigenvalue weighted by Crippen LogP contribution is -2.42. The molecule has 1 fully saturated rings. The molecule has 0 aliphatic carbocycles. The third-order valence-corrected chi connectivity index (χ3v) is 5.73. The Balaban J connectivity index is 1.72. The molecule has 1 atom stereocenters. The van der Waals surface area contributed by atoms with Crippen molar-refractivity contribution in [2.45, 2.75) is 24.4 Å². The molecule has 1 unspecified atom stereocenters. The first-order valence-electron chi connectivity index (χ1n) is 8.18. The van der Waals surface area contributed by atoms with Gasteiger partial charge in [-0.15, -0.1) is 11.8 Å². The van der Waals surface area contributed by atoms with Gasteiger partial charge in [-0.3, -0.25) is 4.79 Å². The van der Waals surface area contributed by atoms with Gasteiger partial charge in [0.25, 0.3) is 0 Å². The van der Waals surface area contributed by atoms with E-state index in [4.69, 9.17) is 9.39 Å². The third-order valence-electron chi connectivity index (χ3n) is 4.49. The SMILES string of the molecule is COc1ccc2c(c1C(=O)O)OB(O)C(SCC(=O)N1CCCC1)C2. The quantitative estimate of drug-likeness (QED) is 0.754. The summed E-state index contributed by atoms with van der Waals surface area (Å²) in [6.45, 7) is 1.60. The van der Waals surface area contributed by atoms with Crippen LogP contribution in [0.2, 0.25) is 0 Å². The van der Waals surface area contributed by atoms with E-state index in [1.807, 2.05) is 4.90 Å². The molecule has 25 heavy (non-hydrogen) atoms. The second-order valence-corrected chi connectivity index (χ2v) is 7.31. The van der Waals surface area contributed by atoms with Crippen LogP contribution in [0.15, 0.2) is 12.1 Å². The number of carbonyl (C=O) groups is 2. The van der Waals surface area contributed by atoms with Crippen LogP contribution in [0.1, 0.15) is 28.8 Å². The van der Waals surface area contributed by atoms with Crippen LogP contribution in [0.25, 0.3) is 0 Å². The van der Waals surface area contributed by atoms with Crippen molar-refractivity contribution < 1.29 is 29.1 Å². The second kappa shape index (κ2) is 7.57. The summed E-state index contributed by atoms with van der Waals surface area (Å²) in [5.41, 5.74) is 0.602. The van der Waals surface area contributed by atoms with E-state index in [9.17, 15) is 19.7 Å². The van der Waals surface area contributed by atoms with Gasteiger partial charge in [-0.2, -0.15) is 0 Å². The van der Waals surface area contributed by atoms with Gasteiger partial charge in [0, 0.05) is 13.1 Å². The molecule has 1 amide bonds. The average molecular weight is 365 g/mol. The molecule has 134 valence electrons. The zero-order valence-electron chi connectivity index (χ0n) is 13.9. The van der Waals surface area contributed by atoms with E-state index in [-0.39, 0.29) is 33.9 Å². The molecule has 1 saturated heterocycles. The number of benzene rings is 1. The molecule has 7 nitrogen and oxygen atoms in total. The smallest absolute Gasteiger partial charge is 0.534 e. The molecule has 2 N–H and O–H groups in total. The van der Waals surface area contributed by atoms with Gasteiger partial charge in [-0.05, 0) is 30.9 Å². The van der Waals surface area contributed by atoms with E-state index < -0.39 is 13.1 Å². The van der Waals surface area contributed by atoms with Gasteiger partial charge < -0.3 is 24.4 Å². The molecule has 9 heteroatoms. The van der Waals surface area contributed by atoms with Crippen molar-refractivity contribution in [1.82, 2.24) is 4.90 Å². The monoisotopic (exact) mass is 365 g/mol. The van der Waals surface area contributed by atoms with Crippen molar-refractivity contribution in [1.29, 1.82) is 0 Å². The Morgan fingerprint density at radius 3 is 2.76 bits per heavy atom. The summed E-state index contributed by atoms with van der Waals surface area (Å²) in [6, 6.07) is 3.32. The molecule has 0 spiro atoms. The highest BCUT2D eigenvalue weighted by Crippen LogP contribution is 2.38. The predicted molar refractivity (Wildman–Crippen MR) is 94.3 cm³/mol. The van der Waals surface area contributed by atoms with Crippen molar-refractivity contribution in [3.63, 3.8) is 0 Å². The van der Waals surface area contributed by atoms with E-state index in [2.05, 4.69) is 0 Å². The highest BCUT2D eigenvalue weighted by molar-refractivity contribution is 8.01. The number of hydrogen-bond acceptors (Lipinski definition) is 6. The van der Waals surface area contributed by atoms with Gasteiger partial charge in [0.1, 0.15) is 17.1 Å². The first kappa shape index (κ1) is 17.9. The van der Waals surface area contributed by atoms with E-state index in [0.29, 0.717) is 12.0 Å². The molecular weight excluding hydrogens is 345 g/mol. The number of hydrogen-bond donors (Lipinski definition) is 2.